The molecule has 2 fully saturated rings. The van der Waals surface area contributed by atoms with Crippen LogP contribution in [0.1, 0.15) is 25.0 Å². The van der Waals surface area contributed by atoms with Gasteiger partial charge in [-0.25, -0.2) is 9.59 Å². The average molecular weight is 516 g/mol. The number of aromatic nitrogens is 1. The smallest absolute Gasteiger partial charge is 0.475 e. The number of halogens is 6. The third-order valence-corrected chi connectivity index (χ3v) is 4.84. The Morgan fingerprint density at radius 1 is 1.20 bits per heavy atom. The van der Waals surface area contributed by atoms with E-state index in [1.165, 1.54) is 6.42 Å². The molecule has 0 aromatic carbocycles. The van der Waals surface area contributed by atoms with Crippen LogP contribution in [0.3, 0.4) is 0 Å². The molecule has 1 aromatic rings. The topological polar surface area (TPSA) is 109 Å². The number of carboxylic acid groups (broad SMARTS) is 2. The number of aliphatic carboxylic acids is 2. The molecule has 0 amide bonds. The molecular formula is C21H26F6N2O6. The number of alkyl halides is 6. The number of likely N-dealkylation sites (tertiary alicyclic amines) is 1. The Bertz CT molecular complexity index is 797. The van der Waals surface area contributed by atoms with Gasteiger partial charge in [0.1, 0.15) is 0 Å². The van der Waals surface area contributed by atoms with Gasteiger partial charge in [0.25, 0.3) is 0 Å². The molecule has 0 radical (unpaired) electrons. The Kier molecular flexibility index (Phi) is 11.6. The maximum atomic E-state index is 10.6. The average Bonchev–Trinajstić information content (AvgIpc) is 3.14. The second-order valence-electron chi connectivity index (χ2n) is 7.68. The number of carboxylic acids is 2. The molecule has 2 aliphatic heterocycles. The lowest BCUT2D eigenvalue weighted by Crippen LogP contribution is -2.47. The summed E-state index contributed by atoms with van der Waals surface area (Å²) in [7, 11) is 0. The maximum Gasteiger partial charge on any atom is 0.490 e. The third kappa shape index (κ3) is 11.5. The van der Waals surface area contributed by atoms with Crippen LogP contribution in [0.15, 0.2) is 37.1 Å². The molecule has 0 bridgehead atoms. The summed E-state index contributed by atoms with van der Waals surface area (Å²) in [5, 5.41) is 14.2. The molecule has 2 N–H and O–H groups in total. The second kappa shape index (κ2) is 13.4. The van der Waals surface area contributed by atoms with E-state index < -0.39 is 24.3 Å². The minimum atomic E-state index is -5.08. The number of piperidine rings is 1. The van der Waals surface area contributed by atoms with Crippen LogP contribution in [0.2, 0.25) is 0 Å². The largest absolute Gasteiger partial charge is 0.490 e. The van der Waals surface area contributed by atoms with Crippen molar-refractivity contribution in [3.63, 3.8) is 0 Å². The minimum Gasteiger partial charge on any atom is -0.475 e. The Balaban J connectivity index is 0.000000362. The lowest BCUT2D eigenvalue weighted by molar-refractivity contribution is -0.193. The summed E-state index contributed by atoms with van der Waals surface area (Å²) in [6.45, 7) is 8.05. The molecule has 35 heavy (non-hydrogen) atoms. The summed E-state index contributed by atoms with van der Waals surface area (Å²) in [6, 6.07) is 6.10. The van der Waals surface area contributed by atoms with Gasteiger partial charge < -0.3 is 19.7 Å². The van der Waals surface area contributed by atoms with Gasteiger partial charge in [0, 0.05) is 25.7 Å². The highest BCUT2D eigenvalue weighted by molar-refractivity contribution is 5.73. The predicted octanol–water partition coefficient (Wildman–Crippen LogP) is 3.67. The molecule has 3 heterocycles. The number of pyridine rings is 1. The molecule has 1 spiro atoms. The molecule has 0 aliphatic carbocycles. The van der Waals surface area contributed by atoms with Crippen molar-refractivity contribution >= 4 is 11.9 Å². The molecule has 198 valence electrons. The van der Waals surface area contributed by atoms with Gasteiger partial charge in [-0.1, -0.05) is 12.1 Å². The van der Waals surface area contributed by atoms with E-state index >= 15 is 0 Å². The normalized spacial score (nSPS) is 22.4. The van der Waals surface area contributed by atoms with Gasteiger partial charge in [0.2, 0.25) is 0 Å². The first-order chi connectivity index (χ1) is 16.2. The SMILES string of the molecule is C=CCOC1COC2(CCCN(Cc3ccccn3)C2)C1.O=C(O)C(F)(F)F.O=C(O)C(F)(F)F. The van der Waals surface area contributed by atoms with Gasteiger partial charge in [-0.2, -0.15) is 26.3 Å². The van der Waals surface area contributed by atoms with Gasteiger partial charge >= 0.3 is 24.3 Å². The molecule has 2 saturated heterocycles. The molecule has 2 atom stereocenters. The van der Waals surface area contributed by atoms with Crippen molar-refractivity contribution in [2.75, 3.05) is 26.3 Å². The van der Waals surface area contributed by atoms with Crippen molar-refractivity contribution in [1.82, 2.24) is 9.88 Å². The molecule has 2 unspecified atom stereocenters. The highest BCUT2D eigenvalue weighted by Crippen LogP contribution is 2.36. The predicted molar refractivity (Wildman–Crippen MR) is 109 cm³/mol. The molecule has 2 aliphatic rings. The van der Waals surface area contributed by atoms with Crippen molar-refractivity contribution in [3.8, 4) is 0 Å². The summed E-state index contributed by atoms with van der Waals surface area (Å²) in [5.41, 5.74) is 1.12. The Morgan fingerprint density at radius 3 is 2.29 bits per heavy atom. The Hall–Kier alpha value is -2.71. The highest BCUT2D eigenvalue weighted by atomic mass is 19.4. The van der Waals surface area contributed by atoms with Gasteiger partial charge in [0.05, 0.1) is 30.6 Å². The van der Waals surface area contributed by atoms with Crippen LogP contribution >= 0.6 is 0 Å². The first-order valence-corrected chi connectivity index (χ1v) is 10.3. The number of rotatable bonds is 5. The van der Waals surface area contributed by atoms with Crippen LogP contribution in [0.25, 0.3) is 0 Å². The van der Waals surface area contributed by atoms with E-state index in [1.54, 1.807) is 6.08 Å². The summed E-state index contributed by atoms with van der Waals surface area (Å²) in [5.74, 6) is -5.51. The number of hydrogen-bond donors (Lipinski definition) is 2. The number of hydrogen-bond acceptors (Lipinski definition) is 6. The molecule has 1 aromatic heterocycles. The van der Waals surface area contributed by atoms with Crippen LogP contribution in [-0.2, 0) is 25.6 Å². The summed E-state index contributed by atoms with van der Waals surface area (Å²) < 4.78 is 75.4. The summed E-state index contributed by atoms with van der Waals surface area (Å²) >= 11 is 0. The zero-order valence-corrected chi connectivity index (χ0v) is 18.5. The van der Waals surface area contributed by atoms with Crippen molar-refractivity contribution in [2.24, 2.45) is 0 Å². The third-order valence-electron chi connectivity index (χ3n) is 4.84. The number of carbonyl (C=O) groups is 2. The molecule has 0 saturated carbocycles. The summed E-state index contributed by atoms with van der Waals surface area (Å²) in [6.07, 6.45) is -2.96. The number of nitrogens with zero attached hydrogens (tertiary/aromatic N) is 2. The number of ether oxygens (including phenoxy) is 2. The van der Waals surface area contributed by atoms with Gasteiger partial charge in [-0.05, 0) is 31.5 Å². The van der Waals surface area contributed by atoms with E-state index in [-0.39, 0.29) is 11.7 Å². The van der Waals surface area contributed by atoms with Crippen molar-refractivity contribution < 1.29 is 55.6 Å². The molecule has 14 heteroatoms. The second-order valence-corrected chi connectivity index (χ2v) is 7.68. The maximum absolute atomic E-state index is 10.6. The van der Waals surface area contributed by atoms with E-state index in [4.69, 9.17) is 29.3 Å². The van der Waals surface area contributed by atoms with Crippen molar-refractivity contribution in [2.45, 2.75) is 49.9 Å². The Labute approximate surface area is 197 Å². The highest BCUT2D eigenvalue weighted by Gasteiger charge is 2.44. The fourth-order valence-electron chi connectivity index (χ4n) is 3.44. The first kappa shape index (κ1) is 30.3. The van der Waals surface area contributed by atoms with E-state index in [0.29, 0.717) is 13.2 Å². The van der Waals surface area contributed by atoms with Crippen LogP contribution in [-0.4, -0.2) is 82.4 Å². The quantitative estimate of drug-likeness (QED) is 0.451. The molecule has 3 rings (SSSR count). The lowest BCUT2D eigenvalue weighted by atomic mass is 9.89. The fraction of sp³-hybridized carbons (Fsp3) is 0.571. The van der Waals surface area contributed by atoms with Crippen molar-refractivity contribution in [1.29, 1.82) is 0 Å². The molecule has 8 nitrogen and oxygen atoms in total. The lowest BCUT2D eigenvalue weighted by Gasteiger charge is -2.39. The first-order valence-electron chi connectivity index (χ1n) is 10.3. The Morgan fingerprint density at radius 2 is 1.80 bits per heavy atom. The van der Waals surface area contributed by atoms with Gasteiger partial charge in [-0.15, -0.1) is 6.58 Å². The van der Waals surface area contributed by atoms with Crippen LogP contribution in [0.5, 0.6) is 0 Å². The standard InChI is InChI=1S/C17H24N2O2.2C2HF3O2/c1-2-10-20-16-11-17(21-13-16)7-5-9-19(14-17)12-15-6-3-4-8-18-15;2*3-2(4,5)1(6)7/h2-4,6,8,16H,1,5,7,9-14H2;2*(H,6,7). The monoisotopic (exact) mass is 516 g/mol. The summed E-state index contributed by atoms with van der Waals surface area (Å²) in [4.78, 5) is 24.7. The van der Waals surface area contributed by atoms with Gasteiger partial charge in [-0.3, -0.25) is 9.88 Å². The van der Waals surface area contributed by atoms with Crippen molar-refractivity contribution in [3.05, 3.63) is 42.7 Å². The van der Waals surface area contributed by atoms with E-state index in [1.807, 2.05) is 18.3 Å². The van der Waals surface area contributed by atoms with E-state index in [2.05, 4.69) is 22.5 Å². The fourth-order valence-corrected chi connectivity index (χ4v) is 3.44. The van der Waals surface area contributed by atoms with Crippen LogP contribution in [0, 0.1) is 0 Å². The zero-order chi connectivity index (χ0) is 26.7. The van der Waals surface area contributed by atoms with Crippen LogP contribution in [0.4, 0.5) is 26.3 Å². The molecular weight excluding hydrogens is 490 g/mol. The minimum absolute atomic E-state index is 0.0150. The van der Waals surface area contributed by atoms with Crippen LogP contribution < -0.4 is 0 Å². The van der Waals surface area contributed by atoms with Gasteiger partial charge in [0.15, 0.2) is 0 Å². The van der Waals surface area contributed by atoms with E-state index in [0.717, 1.165) is 38.2 Å². The zero-order valence-electron chi connectivity index (χ0n) is 18.5. The van der Waals surface area contributed by atoms with E-state index in [9.17, 15) is 26.3 Å².